The summed E-state index contributed by atoms with van der Waals surface area (Å²) in [5.41, 5.74) is 0.876. The minimum absolute atomic E-state index is 0.303. The highest BCUT2D eigenvalue weighted by Crippen LogP contribution is 2.02. The number of rotatable bonds is 6. The Bertz CT molecular complexity index is 179. The zero-order valence-corrected chi connectivity index (χ0v) is 10.2. The molecular weight excluding hydrogens is 180 g/mol. The largest absolute Gasteiger partial charge is 0.347 e. The Morgan fingerprint density at radius 3 is 1.86 bits per heavy atom. The van der Waals surface area contributed by atoms with Crippen LogP contribution in [0, 0.1) is 0 Å². The second-order valence-electron chi connectivity index (χ2n) is 3.93. The Labute approximate surface area is 87.1 Å². The van der Waals surface area contributed by atoms with E-state index in [0.29, 0.717) is 17.8 Å². The summed E-state index contributed by atoms with van der Waals surface area (Å²) in [7, 11) is 6.00. The maximum atomic E-state index is 5.43. The van der Waals surface area contributed by atoms with Crippen LogP contribution in [0.25, 0.3) is 0 Å². The van der Waals surface area contributed by atoms with Gasteiger partial charge in [0.2, 0.25) is 6.29 Å². The first-order chi connectivity index (χ1) is 6.40. The maximum absolute atomic E-state index is 5.43. The van der Waals surface area contributed by atoms with Crippen molar-refractivity contribution in [1.29, 1.82) is 0 Å². The van der Waals surface area contributed by atoms with Gasteiger partial charge in [-0.05, 0) is 20.8 Å². The molecule has 0 spiro atoms. The Hall–Kier alpha value is -0.450. The average molecular weight is 203 g/mol. The summed E-state index contributed by atoms with van der Waals surface area (Å²) in [5.74, 6) is 0. The van der Waals surface area contributed by atoms with Crippen LogP contribution >= 0.6 is 0 Å². The highest BCUT2D eigenvalue weighted by molar-refractivity contribution is 5.84. The predicted molar refractivity (Wildman–Crippen MR) is 58.2 cm³/mol. The monoisotopic (exact) mass is 203 g/mol. The van der Waals surface area contributed by atoms with Crippen molar-refractivity contribution in [3.8, 4) is 0 Å². The highest BCUT2D eigenvalue weighted by atomic mass is 16.7. The molecule has 4 heteroatoms. The van der Waals surface area contributed by atoms with Gasteiger partial charge in [-0.25, -0.2) is 4.59 Å². The molecule has 0 N–H and O–H groups in total. The summed E-state index contributed by atoms with van der Waals surface area (Å²) in [6.07, 6.45) is -0.303. The van der Waals surface area contributed by atoms with Crippen LogP contribution in [0.3, 0.4) is 0 Å². The molecule has 14 heavy (non-hydrogen) atoms. The van der Waals surface area contributed by atoms with Crippen molar-refractivity contribution in [2.45, 2.75) is 27.1 Å². The average Bonchev–Trinajstić information content (AvgIpc) is 2.01. The SMILES string of the molecule is CCOC(OCC)C(C)=N[N+](C)(C)C. The van der Waals surface area contributed by atoms with E-state index < -0.39 is 0 Å². The van der Waals surface area contributed by atoms with E-state index in [1.807, 2.05) is 41.9 Å². The van der Waals surface area contributed by atoms with E-state index in [1.54, 1.807) is 0 Å². The van der Waals surface area contributed by atoms with Gasteiger partial charge in [-0.3, -0.25) is 0 Å². The van der Waals surface area contributed by atoms with Gasteiger partial charge >= 0.3 is 0 Å². The number of hydrogen-bond acceptors (Lipinski definition) is 3. The lowest BCUT2D eigenvalue weighted by molar-refractivity contribution is -0.877. The maximum Gasteiger partial charge on any atom is 0.202 e. The summed E-state index contributed by atoms with van der Waals surface area (Å²) >= 11 is 0. The predicted octanol–water partition coefficient (Wildman–Crippen LogP) is 1.47. The van der Waals surface area contributed by atoms with E-state index in [2.05, 4.69) is 5.10 Å². The normalized spacial score (nSPS) is 13.8. The third-order valence-electron chi connectivity index (χ3n) is 1.43. The Morgan fingerprint density at radius 2 is 1.57 bits per heavy atom. The van der Waals surface area contributed by atoms with Gasteiger partial charge < -0.3 is 9.47 Å². The first-order valence-corrected chi connectivity index (χ1v) is 5.02. The zero-order chi connectivity index (χ0) is 11.2. The molecule has 0 aliphatic carbocycles. The first kappa shape index (κ1) is 13.5. The fourth-order valence-corrected chi connectivity index (χ4v) is 1.11. The standard InChI is InChI=1S/C10H23N2O2/c1-7-13-10(14-8-2)9(3)11-12(4,5)6/h10H,7-8H2,1-6H3/q+1. The molecule has 0 fully saturated rings. The minimum Gasteiger partial charge on any atom is -0.347 e. The Morgan fingerprint density at radius 1 is 1.14 bits per heavy atom. The van der Waals surface area contributed by atoms with Crippen molar-refractivity contribution < 1.29 is 14.1 Å². The molecule has 0 aliphatic heterocycles. The van der Waals surface area contributed by atoms with Gasteiger partial charge in [-0.15, -0.1) is 0 Å². The molecule has 0 saturated carbocycles. The molecule has 0 heterocycles. The molecule has 0 rings (SSSR count). The van der Waals surface area contributed by atoms with Crippen molar-refractivity contribution in [2.24, 2.45) is 5.10 Å². The first-order valence-electron chi connectivity index (χ1n) is 5.02. The van der Waals surface area contributed by atoms with Crippen LogP contribution in [-0.2, 0) is 9.47 Å². The van der Waals surface area contributed by atoms with Gasteiger partial charge in [0.05, 0.1) is 21.1 Å². The molecule has 0 aliphatic rings. The number of nitrogens with zero attached hydrogens (tertiary/aromatic N) is 2. The highest BCUT2D eigenvalue weighted by Gasteiger charge is 2.16. The van der Waals surface area contributed by atoms with Gasteiger partial charge in [0.25, 0.3) is 0 Å². The van der Waals surface area contributed by atoms with E-state index in [1.165, 1.54) is 0 Å². The molecule has 0 unspecified atom stereocenters. The topological polar surface area (TPSA) is 30.8 Å². The van der Waals surface area contributed by atoms with Crippen LogP contribution in [0.1, 0.15) is 20.8 Å². The summed E-state index contributed by atoms with van der Waals surface area (Å²) in [5, 5.41) is 4.45. The fraction of sp³-hybridized carbons (Fsp3) is 0.900. The molecule has 0 radical (unpaired) electrons. The fourth-order valence-electron chi connectivity index (χ4n) is 1.11. The summed E-state index contributed by atoms with van der Waals surface area (Å²) in [6.45, 7) is 7.10. The molecule has 0 amide bonds. The summed E-state index contributed by atoms with van der Waals surface area (Å²) in [6, 6.07) is 0. The third kappa shape index (κ3) is 6.07. The zero-order valence-electron chi connectivity index (χ0n) is 10.2. The lowest BCUT2D eigenvalue weighted by Crippen LogP contribution is -2.34. The van der Waals surface area contributed by atoms with Gasteiger partial charge in [0, 0.05) is 13.2 Å². The Balaban J connectivity index is 4.41. The van der Waals surface area contributed by atoms with Gasteiger partial charge in [0.1, 0.15) is 5.71 Å². The molecule has 84 valence electrons. The quantitative estimate of drug-likeness (QED) is 0.283. The van der Waals surface area contributed by atoms with Gasteiger partial charge in [0.15, 0.2) is 0 Å². The van der Waals surface area contributed by atoms with E-state index in [9.17, 15) is 0 Å². The molecular formula is C10H23N2O2+. The van der Waals surface area contributed by atoms with Crippen LogP contribution in [-0.4, -0.2) is 51.0 Å². The lowest BCUT2D eigenvalue weighted by atomic mass is 10.4. The van der Waals surface area contributed by atoms with Gasteiger partial charge in [-0.2, -0.15) is 0 Å². The molecule has 0 aromatic rings. The molecule has 0 aromatic heterocycles. The van der Waals surface area contributed by atoms with Crippen molar-refractivity contribution in [2.75, 3.05) is 34.4 Å². The number of hydrogen-bond donors (Lipinski definition) is 0. The number of ether oxygens (including phenoxy) is 2. The van der Waals surface area contributed by atoms with Crippen LogP contribution in [0.2, 0.25) is 0 Å². The third-order valence-corrected chi connectivity index (χ3v) is 1.43. The lowest BCUT2D eigenvalue weighted by Gasteiger charge is -2.21. The van der Waals surface area contributed by atoms with E-state index >= 15 is 0 Å². The Kier molecular flexibility index (Phi) is 5.92. The molecule has 0 bridgehead atoms. The smallest absolute Gasteiger partial charge is 0.202 e. The van der Waals surface area contributed by atoms with Crippen molar-refractivity contribution in [1.82, 2.24) is 0 Å². The minimum atomic E-state index is -0.303. The summed E-state index contributed by atoms with van der Waals surface area (Å²) in [4.78, 5) is 0. The second-order valence-corrected chi connectivity index (χ2v) is 3.93. The molecule has 0 aromatic carbocycles. The van der Waals surface area contributed by atoms with Crippen LogP contribution in [0.4, 0.5) is 0 Å². The van der Waals surface area contributed by atoms with E-state index in [0.717, 1.165) is 5.71 Å². The van der Waals surface area contributed by atoms with Crippen molar-refractivity contribution in [3.63, 3.8) is 0 Å². The molecule has 0 atom stereocenters. The van der Waals surface area contributed by atoms with E-state index in [4.69, 9.17) is 9.47 Å². The van der Waals surface area contributed by atoms with E-state index in [-0.39, 0.29) is 6.29 Å². The van der Waals surface area contributed by atoms with Crippen LogP contribution in [0.15, 0.2) is 5.10 Å². The molecule has 0 saturated heterocycles. The number of quaternary nitrogens is 1. The van der Waals surface area contributed by atoms with Crippen LogP contribution < -0.4 is 0 Å². The second kappa shape index (κ2) is 6.11. The van der Waals surface area contributed by atoms with Crippen LogP contribution in [0.5, 0.6) is 0 Å². The van der Waals surface area contributed by atoms with Crippen molar-refractivity contribution >= 4 is 5.71 Å². The van der Waals surface area contributed by atoms with Crippen molar-refractivity contribution in [3.05, 3.63) is 0 Å². The molecule has 4 nitrogen and oxygen atoms in total. The van der Waals surface area contributed by atoms with Gasteiger partial charge in [-0.1, -0.05) is 5.10 Å². The summed E-state index contributed by atoms with van der Waals surface area (Å²) < 4.78 is 11.4.